The Kier molecular flexibility index (Phi) is 5.47. The summed E-state index contributed by atoms with van der Waals surface area (Å²) >= 11 is 2.98. The van der Waals surface area contributed by atoms with Gasteiger partial charge in [0, 0.05) is 13.1 Å². The van der Waals surface area contributed by atoms with Crippen LogP contribution in [0.2, 0.25) is 0 Å². The van der Waals surface area contributed by atoms with Gasteiger partial charge in [-0.3, -0.25) is 14.5 Å². The minimum absolute atomic E-state index is 0.115. The highest BCUT2D eigenvalue weighted by atomic mass is 32.1. The number of thiophene rings is 1. The van der Waals surface area contributed by atoms with Crippen LogP contribution in [0.15, 0.2) is 41.8 Å². The van der Waals surface area contributed by atoms with Crippen molar-refractivity contribution in [3.05, 3.63) is 52.3 Å². The van der Waals surface area contributed by atoms with Crippen molar-refractivity contribution in [1.29, 1.82) is 0 Å². The first-order valence-electron chi connectivity index (χ1n) is 10.1. The van der Waals surface area contributed by atoms with Gasteiger partial charge >= 0.3 is 0 Å². The van der Waals surface area contributed by atoms with Crippen LogP contribution in [-0.4, -0.2) is 60.7 Å². The SMILES string of the molecule is Cc1nc(-c2cccs2)sc1C(=O)N1CC(C(=O)N2CCOCC2)Oc2ccccc21. The summed E-state index contributed by atoms with van der Waals surface area (Å²) in [6, 6.07) is 11.3. The van der Waals surface area contributed by atoms with Crippen molar-refractivity contribution in [2.75, 3.05) is 37.7 Å². The van der Waals surface area contributed by atoms with E-state index in [0.717, 1.165) is 9.88 Å². The molecular weight excluding hydrogens is 434 g/mol. The number of rotatable bonds is 3. The third kappa shape index (κ3) is 3.84. The first-order valence-corrected chi connectivity index (χ1v) is 11.8. The van der Waals surface area contributed by atoms with Crippen LogP contribution in [0.1, 0.15) is 15.4 Å². The number of hydrogen-bond donors (Lipinski definition) is 0. The number of thiazole rings is 1. The predicted molar refractivity (Wildman–Crippen MR) is 120 cm³/mol. The molecule has 1 fully saturated rings. The van der Waals surface area contributed by atoms with Gasteiger partial charge in [0.1, 0.15) is 15.6 Å². The first-order chi connectivity index (χ1) is 15.1. The van der Waals surface area contributed by atoms with Gasteiger partial charge in [0.05, 0.1) is 36.0 Å². The van der Waals surface area contributed by atoms with E-state index >= 15 is 0 Å². The summed E-state index contributed by atoms with van der Waals surface area (Å²) in [5.41, 5.74) is 1.36. The summed E-state index contributed by atoms with van der Waals surface area (Å²) in [5, 5.41) is 2.83. The summed E-state index contributed by atoms with van der Waals surface area (Å²) in [6.07, 6.45) is -0.748. The van der Waals surface area contributed by atoms with Crippen LogP contribution in [-0.2, 0) is 9.53 Å². The summed E-state index contributed by atoms with van der Waals surface area (Å²) in [5.74, 6) is 0.263. The Hall–Kier alpha value is -2.75. The molecule has 160 valence electrons. The monoisotopic (exact) mass is 455 g/mol. The van der Waals surface area contributed by atoms with Gasteiger partial charge in [-0.05, 0) is 30.5 Å². The molecule has 0 bridgehead atoms. The van der Waals surface area contributed by atoms with Crippen molar-refractivity contribution in [3.8, 4) is 15.6 Å². The molecule has 1 atom stereocenters. The number of aromatic nitrogens is 1. The Morgan fingerprint density at radius 1 is 1.13 bits per heavy atom. The van der Waals surface area contributed by atoms with Gasteiger partial charge in [-0.1, -0.05) is 18.2 Å². The highest BCUT2D eigenvalue weighted by Crippen LogP contribution is 2.37. The van der Waals surface area contributed by atoms with Crippen LogP contribution in [0.4, 0.5) is 5.69 Å². The summed E-state index contributed by atoms with van der Waals surface area (Å²) in [6.45, 7) is 4.12. The Balaban J connectivity index is 1.46. The molecule has 31 heavy (non-hydrogen) atoms. The molecule has 0 radical (unpaired) electrons. The van der Waals surface area contributed by atoms with E-state index in [-0.39, 0.29) is 18.4 Å². The lowest BCUT2D eigenvalue weighted by Gasteiger charge is -2.37. The molecule has 0 saturated carbocycles. The molecule has 1 aromatic carbocycles. The number of nitrogens with zero attached hydrogens (tertiary/aromatic N) is 3. The van der Waals surface area contributed by atoms with Crippen molar-refractivity contribution in [3.63, 3.8) is 0 Å². The summed E-state index contributed by atoms with van der Waals surface area (Å²) in [4.78, 5) is 36.3. The fraction of sp³-hybridized carbons (Fsp3) is 0.318. The van der Waals surface area contributed by atoms with Crippen LogP contribution in [0.5, 0.6) is 5.75 Å². The maximum absolute atomic E-state index is 13.6. The van der Waals surface area contributed by atoms with E-state index in [1.54, 1.807) is 27.2 Å². The fourth-order valence-electron chi connectivity index (χ4n) is 3.77. The zero-order chi connectivity index (χ0) is 21.4. The topological polar surface area (TPSA) is 72.0 Å². The minimum Gasteiger partial charge on any atom is -0.476 e. The summed E-state index contributed by atoms with van der Waals surface area (Å²) < 4.78 is 11.4. The number of morpholine rings is 1. The molecular formula is C22H21N3O4S2. The van der Waals surface area contributed by atoms with E-state index < -0.39 is 6.10 Å². The van der Waals surface area contributed by atoms with E-state index in [1.165, 1.54) is 11.3 Å². The Morgan fingerprint density at radius 2 is 1.94 bits per heavy atom. The zero-order valence-electron chi connectivity index (χ0n) is 16.9. The molecule has 7 nitrogen and oxygen atoms in total. The van der Waals surface area contributed by atoms with Gasteiger partial charge < -0.3 is 14.4 Å². The van der Waals surface area contributed by atoms with Gasteiger partial charge in [-0.25, -0.2) is 4.98 Å². The van der Waals surface area contributed by atoms with Crippen molar-refractivity contribution in [1.82, 2.24) is 9.88 Å². The molecule has 9 heteroatoms. The highest BCUT2D eigenvalue weighted by Gasteiger charge is 2.37. The molecule has 2 aromatic heterocycles. The maximum Gasteiger partial charge on any atom is 0.270 e. The number of hydrogen-bond acceptors (Lipinski definition) is 7. The maximum atomic E-state index is 13.6. The van der Waals surface area contributed by atoms with Crippen molar-refractivity contribution in [2.24, 2.45) is 0 Å². The third-order valence-electron chi connectivity index (χ3n) is 5.34. The van der Waals surface area contributed by atoms with Crippen molar-refractivity contribution >= 4 is 40.2 Å². The van der Waals surface area contributed by atoms with E-state index in [4.69, 9.17) is 9.47 Å². The third-order valence-corrected chi connectivity index (χ3v) is 7.52. The number of ether oxygens (including phenoxy) is 2. The Bertz CT molecular complexity index is 1110. The van der Waals surface area contributed by atoms with Crippen molar-refractivity contribution < 1.29 is 19.1 Å². The van der Waals surface area contributed by atoms with E-state index in [9.17, 15) is 9.59 Å². The molecule has 2 aliphatic heterocycles. The van der Waals surface area contributed by atoms with Crippen LogP contribution in [0.25, 0.3) is 9.88 Å². The standard InChI is InChI=1S/C22H21N3O4S2/c1-14-19(31-20(23-14)18-7-4-12-30-18)22(27)25-13-17(21(26)24-8-10-28-11-9-24)29-16-6-3-2-5-15(16)25/h2-7,12,17H,8-11,13H2,1H3. The average Bonchev–Trinajstić information content (AvgIpc) is 3.48. The molecule has 2 aliphatic rings. The van der Waals surface area contributed by atoms with Gasteiger partial charge in [0.25, 0.3) is 11.8 Å². The number of amides is 2. The van der Waals surface area contributed by atoms with Crippen LogP contribution < -0.4 is 9.64 Å². The summed E-state index contributed by atoms with van der Waals surface area (Å²) in [7, 11) is 0. The average molecular weight is 456 g/mol. The number of carbonyl (C=O) groups is 2. The predicted octanol–water partition coefficient (Wildman–Crippen LogP) is 3.45. The van der Waals surface area contributed by atoms with Gasteiger partial charge in [0.15, 0.2) is 6.10 Å². The largest absolute Gasteiger partial charge is 0.476 e. The molecule has 3 aromatic rings. The Morgan fingerprint density at radius 3 is 2.71 bits per heavy atom. The number of aryl methyl sites for hydroxylation is 1. The first kappa shape index (κ1) is 20.2. The van der Waals surface area contributed by atoms with E-state index in [0.29, 0.717) is 48.3 Å². The van der Waals surface area contributed by atoms with Gasteiger partial charge in [-0.15, -0.1) is 22.7 Å². The van der Waals surface area contributed by atoms with Crippen LogP contribution in [0, 0.1) is 6.92 Å². The minimum atomic E-state index is -0.748. The second-order valence-electron chi connectivity index (χ2n) is 7.34. The molecule has 2 amide bonds. The molecule has 0 N–H and O–H groups in total. The molecule has 5 rings (SSSR count). The second kappa shape index (κ2) is 8.41. The lowest BCUT2D eigenvalue weighted by atomic mass is 10.1. The zero-order valence-corrected chi connectivity index (χ0v) is 18.6. The van der Waals surface area contributed by atoms with Crippen molar-refractivity contribution in [2.45, 2.75) is 13.0 Å². The van der Waals surface area contributed by atoms with Gasteiger partial charge in [-0.2, -0.15) is 0 Å². The molecule has 1 saturated heterocycles. The highest BCUT2D eigenvalue weighted by molar-refractivity contribution is 7.22. The van der Waals surface area contributed by atoms with E-state index in [1.807, 2.05) is 42.6 Å². The molecule has 1 unspecified atom stereocenters. The smallest absolute Gasteiger partial charge is 0.270 e. The fourth-order valence-corrected chi connectivity index (χ4v) is 5.58. The number of fused-ring (bicyclic) bond motifs is 1. The quantitative estimate of drug-likeness (QED) is 0.605. The molecule has 4 heterocycles. The van der Waals surface area contributed by atoms with Crippen LogP contribution in [0.3, 0.4) is 0 Å². The molecule has 0 spiro atoms. The normalized spacial score (nSPS) is 18.4. The Labute approximate surface area is 187 Å². The van der Waals surface area contributed by atoms with Gasteiger partial charge in [0.2, 0.25) is 0 Å². The molecule has 0 aliphatic carbocycles. The number of para-hydroxylation sites is 2. The van der Waals surface area contributed by atoms with Crippen LogP contribution >= 0.6 is 22.7 Å². The number of anilines is 1. The van der Waals surface area contributed by atoms with E-state index in [2.05, 4.69) is 4.98 Å². The number of carbonyl (C=O) groups excluding carboxylic acids is 2. The lowest BCUT2D eigenvalue weighted by molar-refractivity contribution is -0.142. The lowest BCUT2D eigenvalue weighted by Crippen LogP contribution is -2.54. The number of benzene rings is 1. The second-order valence-corrected chi connectivity index (χ2v) is 9.29.